The van der Waals surface area contributed by atoms with Crippen molar-refractivity contribution in [3.8, 4) is 6.07 Å². The Hall–Kier alpha value is -0.134. The van der Waals surface area contributed by atoms with Gasteiger partial charge in [0.15, 0.2) is 0 Å². The molecule has 0 radical (unpaired) electrons. The van der Waals surface area contributed by atoms with Gasteiger partial charge in [-0.15, -0.1) is 0 Å². The molecule has 0 aliphatic heterocycles. The van der Waals surface area contributed by atoms with E-state index in [2.05, 4.69) is 0 Å². The zero-order chi connectivity index (χ0) is 8.57. The van der Waals surface area contributed by atoms with Crippen LogP contribution in [0, 0.1) is 11.3 Å². The SMILES string of the molecule is N#CCC(=O)O.O=C([O-])O.[K+]. The Morgan fingerprint density at radius 2 is 1.73 bits per heavy atom. The summed E-state index contributed by atoms with van der Waals surface area (Å²) in [6.07, 6.45) is -2.49. The van der Waals surface area contributed by atoms with Gasteiger partial charge in [-0.2, -0.15) is 5.26 Å². The van der Waals surface area contributed by atoms with Crippen molar-refractivity contribution in [3.63, 3.8) is 0 Å². The molecule has 0 aromatic heterocycles. The molecule has 0 heterocycles. The zero-order valence-corrected chi connectivity index (χ0v) is 8.90. The average molecular weight is 185 g/mol. The molecule has 0 aromatic carbocycles. The third-order valence-electron chi connectivity index (χ3n) is 0.230. The Morgan fingerprint density at radius 1 is 1.45 bits per heavy atom. The summed E-state index contributed by atoms with van der Waals surface area (Å²) in [7, 11) is 0. The summed E-state index contributed by atoms with van der Waals surface area (Å²) in [5.74, 6) is -1.07. The number of hydrogen-bond donors (Lipinski definition) is 2. The Bertz CT molecular complexity index is 158. The fourth-order valence-electron chi connectivity index (χ4n) is 0.0676. The Labute approximate surface area is 105 Å². The van der Waals surface area contributed by atoms with Gasteiger partial charge in [0.25, 0.3) is 0 Å². The maximum Gasteiger partial charge on any atom is 1.00 e. The van der Waals surface area contributed by atoms with Gasteiger partial charge < -0.3 is 20.1 Å². The molecule has 6 nitrogen and oxygen atoms in total. The summed E-state index contributed by atoms with van der Waals surface area (Å²) in [6.45, 7) is 0. The van der Waals surface area contributed by atoms with Crippen LogP contribution in [0.4, 0.5) is 4.79 Å². The van der Waals surface area contributed by atoms with Gasteiger partial charge in [-0.05, 0) is 0 Å². The molecular weight excluding hydrogens is 181 g/mol. The number of hydrogen-bond acceptors (Lipinski definition) is 4. The summed E-state index contributed by atoms with van der Waals surface area (Å²) in [5.41, 5.74) is 0. The molecule has 0 spiro atoms. The molecule has 2 N–H and O–H groups in total. The molecule has 11 heavy (non-hydrogen) atoms. The first kappa shape index (κ1) is 17.1. The Morgan fingerprint density at radius 3 is 1.73 bits per heavy atom. The van der Waals surface area contributed by atoms with Crippen molar-refractivity contribution in [3.05, 3.63) is 0 Å². The predicted molar refractivity (Wildman–Crippen MR) is 25.9 cm³/mol. The van der Waals surface area contributed by atoms with Gasteiger partial charge in [0.05, 0.1) is 6.07 Å². The Kier molecular flexibility index (Phi) is 19.5. The molecule has 0 saturated carbocycles. The van der Waals surface area contributed by atoms with E-state index in [4.69, 9.17) is 25.4 Å². The first-order chi connectivity index (χ1) is 4.50. The van der Waals surface area contributed by atoms with Crippen LogP contribution in [0.2, 0.25) is 0 Å². The third-order valence-corrected chi connectivity index (χ3v) is 0.230. The minimum atomic E-state index is -2.08. The van der Waals surface area contributed by atoms with Gasteiger partial charge in [0.1, 0.15) is 6.42 Å². The summed E-state index contributed by atoms with van der Waals surface area (Å²) in [5, 5.41) is 30.6. The number of aliphatic carboxylic acids is 1. The zero-order valence-electron chi connectivity index (χ0n) is 5.77. The van der Waals surface area contributed by atoms with Crippen molar-refractivity contribution >= 4 is 12.1 Å². The van der Waals surface area contributed by atoms with E-state index in [0.29, 0.717) is 0 Å². The van der Waals surface area contributed by atoms with Crippen LogP contribution in [-0.4, -0.2) is 22.3 Å². The van der Waals surface area contributed by atoms with Crippen LogP contribution in [0.1, 0.15) is 6.42 Å². The smallest absolute Gasteiger partial charge is 0.565 e. The van der Waals surface area contributed by atoms with E-state index in [-0.39, 0.29) is 51.4 Å². The monoisotopic (exact) mass is 185 g/mol. The normalized spacial score (nSPS) is 5.73. The molecule has 0 fully saturated rings. The summed E-state index contributed by atoms with van der Waals surface area (Å²) >= 11 is 0. The maximum atomic E-state index is 9.38. The van der Waals surface area contributed by atoms with E-state index < -0.39 is 18.5 Å². The number of carboxylic acid groups (broad SMARTS) is 3. The van der Waals surface area contributed by atoms with E-state index in [1.54, 1.807) is 0 Å². The molecule has 0 aromatic rings. The minimum absolute atomic E-state index is 0. The van der Waals surface area contributed by atoms with E-state index in [9.17, 15) is 4.79 Å². The van der Waals surface area contributed by atoms with E-state index in [1.165, 1.54) is 6.07 Å². The van der Waals surface area contributed by atoms with Gasteiger partial charge in [-0.1, -0.05) is 0 Å². The van der Waals surface area contributed by atoms with Crippen LogP contribution in [0.5, 0.6) is 0 Å². The maximum absolute atomic E-state index is 9.38. The summed E-state index contributed by atoms with van der Waals surface area (Å²) in [4.78, 5) is 17.8. The molecule has 0 rings (SSSR count). The molecule has 0 atom stereocenters. The van der Waals surface area contributed by atoms with Crippen molar-refractivity contribution in [2.75, 3.05) is 0 Å². The second kappa shape index (κ2) is 12.5. The standard InChI is InChI=1S/C3H3NO2.CH2O3.K/c4-2-1-3(5)6;2-1(3)4;/h1H2,(H,5,6);(H2,2,3,4);/q;;+1/p-1. The number of carbonyl (C=O) groups is 2. The van der Waals surface area contributed by atoms with E-state index in [0.717, 1.165) is 0 Å². The second-order valence-corrected chi connectivity index (χ2v) is 0.995. The fraction of sp³-hybridized carbons (Fsp3) is 0.250. The van der Waals surface area contributed by atoms with Crippen molar-refractivity contribution in [2.45, 2.75) is 6.42 Å². The predicted octanol–water partition coefficient (Wildman–Crippen LogP) is -4.12. The van der Waals surface area contributed by atoms with Gasteiger partial charge in [0, 0.05) is 0 Å². The molecule has 0 aliphatic rings. The molecule has 0 bridgehead atoms. The van der Waals surface area contributed by atoms with E-state index in [1.807, 2.05) is 0 Å². The molecule has 0 aliphatic carbocycles. The third kappa shape index (κ3) is 74.3. The first-order valence-electron chi connectivity index (χ1n) is 1.99. The quantitative estimate of drug-likeness (QED) is 0.400. The molecular formula is C4H4KNO5. The summed E-state index contributed by atoms with van der Waals surface area (Å²) < 4.78 is 0. The number of nitrogens with zero attached hydrogens (tertiary/aromatic N) is 1. The van der Waals surface area contributed by atoms with Crippen LogP contribution >= 0.6 is 0 Å². The number of rotatable bonds is 1. The largest absolute Gasteiger partial charge is 1.00 e. The molecule has 0 unspecified atom stereocenters. The van der Waals surface area contributed by atoms with Crippen molar-refractivity contribution in [1.29, 1.82) is 5.26 Å². The number of nitriles is 1. The fourth-order valence-corrected chi connectivity index (χ4v) is 0.0676. The summed E-state index contributed by atoms with van der Waals surface area (Å²) in [6, 6.07) is 1.47. The van der Waals surface area contributed by atoms with Crippen molar-refractivity contribution in [1.82, 2.24) is 0 Å². The molecule has 0 saturated heterocycles. The van der Waals surface area contributed by atoms with Gasteiger partial charge >= 0.3 is 57.4 Å². The van der Waals surface area contributed by atoms with Gasteiger partial charge in [-0.25, -0.2) is 0 Å². The minimum Gasteiger partial charge on any atom is -0.565 e. The Balaban J connectivity index is -0.000000114. The van der Waals surface area contributed by atoms with Gasteiger partial charge in [-0.3, -0.25) is 4.79 Å². The van der Waals surface area contributed by atoms with E-state index >= 15 is 0 Å². The van der Waals surface area contributed by atoms with Crippen LogP contribution in [0.15, 0.2) is 0 Å². The van der Waals surface area contributed by atoms with Crippen LogP contribution in [0.3, 0.4) is 0 Å². The first-order valence-corrected chi connectivity index (χ1v) is 1.99. The number of carboxylic acids is 1. The van der Waals surface area contributed by atoms with Crippen LogP contribution in [0.25, 0.3) is 0 Å². The topological polar surface area (TPSA) is 121 Å². The van der Waals surface area contributed by atoms with Crippen molar-refractivity contribution in [2.24, 2.45) is 0 Å². The molecule has 7 heteroatoms. The van der Waals surface area contributed by atoms with Crippen LogP contribution < -0.4 is 56.5 Å². The van der Waals surface area contributed by atoms with Crippen LogP contribution in [-0.2, 0) is 4.79 Å². The van der Waals surface area contributed by atoms with Crippen molar-refractivity contribution < 1.29 is 76.3 Å². The average Bonchev–Trinajstić information content (AvgIpc) is 1.62. The molecule has 56 valence electrons. The second-order valence-electron chi connectivity index (χ2n) is 0.995. The molecule has 0 amide bonds. The van der Waals surface area contributed by atoms with Gasteiger partial charge in [0.2, 0.25) is 6.16 Å².